The first-order valence-corrected chi connectivity index (χ1v) is 7.87. The van der Waals surface area contributed by atoms with Crippen molar-refractivity contribution in [2.45, 2.75) is 44.6 Å². The SMILES string of the molecule is CN(C(=O)c1csc(Br)c1)C1CCCCCC1. The zero-order valence-corrected chi connectivity index (χ0v) is 12.5. The van der Waals surface area contributed by atoms with Crippen molar-refractivity contribution in [1.29, 1.82) is 0 Å². The average Bonchev–Trinajstić information content (AvgIpc) is 2.60. The van der Waals surface area contributed by atoms with Gasteiger partial charge in [-0.1, -0.05) is 25.7 Å². The van der Waals surface area contributed by atoms with Crippen LogP contribution in [0.4, 0.5) is 0 Å². The molecule has 1 aliphatic carbocycles. The number of nitrogens with zero attached hydrogens (tertiary/aromatic N) is 1. The molecule has 1 aromatic rings. The molecule has 1 amide bonds. The van der Waals surface area contributed by atoms with Crippen molar-refractivity contribution < 1.29 is 4.79 Å². The summed E-state index contributed by atoms with van der Waals surface area (Å²) in [6.45, 7) is 0. The summed E-state index contributed by atoms with van der Waals surface area (Å²) >= 11 is 4.98. The van der Waals surface area contributed by atoms with E-state index in [1.807, 2.05) is 23.4 Å². The summed E-state index contributed by atoms with van der Waals surface area (Å²) in [5.41, 5.74) is 0.814. The minimum Gasteiger partial charge on any atom is -0.339 e. The third-order valence-corrected chi connectivity index (χ3v) is 5.01. The summed E-state index contributed by atoms with van der Waals surface area (Å²) in [5, 5.41) is 1.93. The molecule has 4 heteroatoms. The quantitative estimate of drug-likeness (QED) is 0.745. The van der Waals surface area contributed by atoms with Crippen LogP contribution in [0, 0.1) is 0 Å². The maximum absolute atomic E-state index is 12.3. The van der Waals surface area contributed by atoms with Crippen LogP contribution in [0.1, 0.15) is 48.9 Å². The van der Waals surface area contributed by atoms with Gasteiger partial charge in [0.2, 0.25) is 0 Å². The highest BCUT2D eigenvalue weighted by molar-refractivity contribution is 9.11. The minimum atomic E-state index is 0.166. The normalized spacial score (nSPS) is 17.8. The van der Waals surface area contributed by atoms with Crippen molar-refractivity contribution in [3.05, 3.63) is 20.8 Å². The van der Waals surface area contributed by atoms with Gasteiger partial charge in [0, 0.05) is 18.5 Å². The van der Waals surface area contributed by atoms with Gasteiger partial charge in [-0.15, -0.1) is 11.3 Å². The summed E-state index contributed by atoms with van der Waals surface area (Å²) in [4.78, 5) is 14.2. The molecule has 0 spiro atoms. The van der Waals surface area contributed by atoms with Gasteiger partial charge < -0.3 is 4.90 Å². The van der Waals surface area contributed by atoms with Gasteiger partial charge in [0.25, 0.3) is 5.91 Å². The monoisotopic (exact) mass is 315 g/mol. The molecule has 0 N–H and O–H groups in total. The van der Waals surface area contributed by atoms with Crippen LogP contribution in [-0.2, 0) is 0 Å². The smallest absolute Gasteiger partial charge is 0.254 e. The van der Waals surface area contributed by atoms with Crippen LogP contribution < -0.4 is 0 Å². The summed E-state index contributed by atoms with van der Waals surface area (Å²) in [6, 6.07) is 2.35. The highest BCUT2D eigenvalue weighted by Gasteiger charge is 2.22. The van der Waals surface area contributed by atoms with Crippen molar-refractivity contribution in [2.24, 2.45) is 0 Å². The first-order chi connectivity index (χ1) is 8.18. The molecular weight excluding hydrogens is 298 g/mol. The zero-order chi connectivity index (χ0) is 12.3. The molecule has 2 nitrogen and oxygen atoms in total. The fourth-order valence-electron chi connectivity index (χ4n) is 2.44. The Kier molecular flexibility index (Phi) is 4.62. The molecular formula is C13H18BrNOS. The molecule has 0 aliphatic heterocycles. The van der Waals surface area contributed by atoms with Crippen LogP contribution >= 0.6 is 27.3 Å². The Morgan fingerprint density at radius 2 is 2.00 bits per heavy atom. The van der Waals surface area contributed by atoms with Gasteiger partial charge in [-0.05, 0) is 34.8 Å². The Labute approximate surface area is 115 Å². The van der Waals surface area contributed by atoms with E-state index >= 15 is 0 Å². The Hall–Kier alpha value is -0.350. The molecule has 17 heavy (non-hydrogen) atoms. The molecule has 2 rings (SSSR count). The van der Waals surface area contributed by atoms with E-state index in [9.17, 15) is 4.79 Å². The number of carbonyl (C=O) groups is 1. The van der Waals surface area contributed by atoms with E-state index in [4.69, 9.17) is 0 Å². The predicted octanol–water partition coefficient (Wildman–Crippen LogP) is 4.31. The van der Waals surface area contributed by atoms with Crippen LogP contribution in [0.25, 0.3) is 0 Å². The maximum atomic E-state index is 12.3. The lowest BCUT2D eigenvalue weighted by molar-refractivity contribution is 0.0718. The number of hydrogen-bond acceptors (Lipinski definition) is 2. The average molecular weight is 316 g/mol. The molecule has 1 aliphatic rings. The van der Waals surface area contributed by atoms with Crippen LogP contribution in [0.2, 0.25) is 0 Å². The van der Waals surface area contributed by atoms with E-state index in [1.54, 1.807) is 11.3 Å². The first kappa shape index (κ1) is 13.1. The van der Waals surface area contributed by atoms with Gasteiger partial charge in [-0.2, -0.15) is 0 Å². The second kappa shape index (κ2) is 6.01. The van der Waals surface area contributed by atoms with E-state index in [1.165, 1.54) is 25.7 Å². The molecule has 0 saturated heterocycles. The Morgan fingerprint density at radius 1 is 1.35 bits per heavy atom. The molecule has 0 unspecified atom stereocenters. The highest BCUT2D eigenvalue weighted by atomic mass is 79.9. The molecule has 1 saturated carbocycles. The number of rotatable bonds is 2. The number of halogens is 1. The summed E-state index contributed by atoms with van der Waals surface area (Å²) in [5.74, 6) is 0.166. The largest absolute Gasteiger partial charge is 0.339 e. The van der Waals surface area contributed by atoms with Gasteiger partial charge in [0.05, 0.1) is 9.35 Å². The second-order valence-electron chi connectivity index (χ2n) is 4.70. The van der Waals surface area contributed by atoms with Crippen molar-refractivity contribution in [2.75, 3.05) is 7.05 Å². The highest BCUT2D eigenvalue weighted by Crippen LogP contribution is 2.25. The van der Waals surface area contributed by atoms with Gasteiger partial charge in [0.15, 0.2) is 0 Å². The van der Waals surface area contributed by atoms with E-state index in [2.05, 4.69) is 15.9 Å². The fourth-order valence-corrected chi connectivity index (χ4v) is 3.57. The maximum Gasteiger partial charge on any atom is 0.254 e. The molecule has 0 atom stereocenters. The zero-order valence-electron chi connectivity index (χ0n) is 10.1. The van der Waals surface area contributed by atoms with E-state index in [-0.39, 0.29) is 5.91 Å². The predicted molar refractivity (Wildman–Crippen MR) is 75.6 cm³/mol. The standard InChI is InChI=1S/C13H18BrNOS/c1-15(11-6-4-2-3-5-7-11)13(16)10-8-12(14)17-9-10/h8-9,11H,2-7H2,1H3. The number of hydrogen-bond donors (Lipinski definition) is 0. The van der Waals surface area contributed by atoms with Crippen molar-refractivity contribution in [3.8, 4) is 0 Å². The topological polar surface area (TPSA) is 20.3 Å². The van der Waals surface area contributed by atoms with Crippen LogP contribution in [0.3, 0.4) is 0 Å². The number of thiophene rings is 1. The molecule has 94 valence electrons. The Morgan fingerprint density at radius 3 is 2.53 bits per heavy atom. The van der Waals surface area contributed by atoms with E-state index in [0.717, 1.165) is 22.2 Å². The summed E-state index contributed by atoms with van der Waals surface area (Å²) < 4.78 is 1.02. The molecule has 1 fully saturated rings. The first-order valence-electron chi connectivity index (χ1n) is 6.19. The van der Waals surface area contributed by atoms with Crippen LogP contribution in [0.15, 0.2) is 15.2 Å². The summed E-state index contributed by atoms with van der Waals surface area (Å²) in [7, 11) is 1.95. The van der Waals surface area contributed by atoms with Gasteiger partial charge in [-0.25, -0.2) is 0 Å². The second-order valence-corrected chi connectivity index (χ2v) is 6.99. The van der Waals surface area contributed by atoms with E-state index in [0.29, 0.717) is 6.04 Å². The molecule has 0 bridgehead atoms. The third-order valence-electron chi connectivity index (χ3n) is 3.51. The summed E-state index contributed by atoms with van der Waals surface area (Å²) in [6.07, 6.45) is 7.48. The molecule has 1 heterocycles. The van der Waals surface area contributed by atoms with Crippen molar-refractivity contribution in [1.82, 2.24) is 4.90 Å². The molecule has 1 aromatic heterocycles. The molecule has 0 aromatic carbocycles. The molecule has 0 radical (unpaired) electrons. The van der Waals surface area contributed by atoms with Crippen LogP contribution in [-0.4, -0.2) is 23.9 Å². The lowest BCUT2D eigenvalue weighted by Crippen LogP contribution is -2.36. The number of carbonyl (C=O) groups excluding carboxylic acids is 1. The lowest BCUT2D eigenvalue weighted by Gasteiger charge is -2.26. The third kappa shape index (κ3) is 3.32. The van der Waals surface area contributed by atoms with Crippen molar-refractivity contribution >= 4 is 33.2 Å². The Balaban J connectivity index is 2.03. The van der Waals surface area contributed by atoms with Crippen LogP contribution in [0.5, 0.6) is 0 Å². The number of amides is 1. The fraction of sp³-hybridized carbons (Fsp3) is 0.615. The van der Waals surface area contributed by atoms with E-state index < -0.39 is 0 Å². The van der Waals surface area contributed by atoms with Gasteiger partial charge in [0.1, 0.15) is 0 Å². The lowest BCUT2D eigenvalue weighted by atomic mass is 10.1. The van der Waals surface area contributed by atoms with Gasteiger partial charge in [-0.3, -0.25) is 4.79 Å². The van der Waals surface area contributed by atoms with Gasteiger partial charge >= 0.3 is 0 Å². The van der Waals surface area contributed by atoms with Crippen molar-refractivity contribution in [3.63, 3.8) is 0 Å². The Bertz CT molecular complexity index is 383. The minimum absolute atomic E-state index is 0.166.